The first-order chi connectivity index (χ1) is 7.95. The number of nitrogens with zero attached hydrogens (tertiary/aromatic N) is 1. The van der Waals surface area contributed by atoms with E-state index in [1.54, 1.807) is 0 Å². The van der Waals surface area contributed by atoms with Crippen LogP contribution in [0.25, 0.3) is 0 Å². The summed E-state index contributed by atoms with van der Waals surface area (Å²) >= 11 is 0. The lowest BCUT2D eigenvalue weighted by atomic mass is 9.90. The molecule has 1 aliphatic carbocycles. The maximum absolute atomic E-state index is 6.04. The van der Waals surface area contributed by atoms with Crippen LogP contribution < -0.4 is 5.73 Å². The summed E-state index contributed by atoms with van der Waals surface area (Å²) in [5, 5.41) is 0. The van der Waals surface area contributed by atoms with Crippen LogP contribution in [0.2, 0.25) is 0 Å². The molecule has 2 atom stereocenters. The van der Waals surface area contributed by atoms with Gasteiger partial charge in [-0.15, -0.1) is 0 Å². The van der Waals surface area contributed by atoms with Gasteiger partial charge < -0.3 is 5.73 Å². The standard InChI is InChI=1S/C15H32N2/c1-11(2)8-13(5)15(9-16)17(12(3)4)10-14-6-7-14/h11-15H,6-10,16H2,1-5H3. The highest BCUT2D eigenvalue weighted by atomic mass is 15.2. The van der Waals surface area contributed by atoms with Crippen molar-refractivity contribution in [3.8, 4) is 0 Å². The van der Waals surface area contributed by atoms with Crippen molar-refractivity contribution in [1.82, 2.24) is 4.90 Å². The van der Waals surface area contributed by atoms with Gasteiger partial charge in [-0.05, 0) is 50.9 Å². The Kier molecular flexibility index (Phi) is 5.94. The van der Waals surface area contributed by atoms with Gasteiger partial charge in [0.15, 0.2) is 0 Å². The third kappa shape index (κ3) is 4.97. The molecule has 1 fully saturated rings. The van der Waals surface area contributed by atoms with E-state index in [0.717, 1.165) is 18.4 Å². The van der Waals surface area contributed by atoms with Crippen molar-refractivity contribution in [2.45, 2.75) is 66.0 Å². The second-order valence-electron chi connectivity index (χ2n) is 6.64. The van der Waals surface area contributed by atoms with Gasteiger partial charge in [-0.2, -0.15) is 0 Å². The maximum atomic E-state index is 6.04. The lowest BCUT2D eigenvalue weighted by molar-refractivity contribution is 0.102. The number of hydrogen-bond donors (Lipinski definition) is 1. The molecule has 0 amide bonds. The van der Waals surface area contributed by atoms with Gasteiger partial charge in [-0.25, -0.2) is 0 Å². The van der Waals surface area contributed by atoms with Gasteiger partial charge in [0.05, 0.1) is 0 Å². The molecule has 17 heavy (non-hydrogen) atoms. The molecule has 0 spiro atoms. The topological polar surface area (TPSA) is 29.3 Å². The van der Waals surface area contributed by atoms with E-state index in [2.05, 4.69) is 39.5 Å². The van der Waals surface area contributed by atoms with Crippen LogP contribution in [0.5, 0.6) is 0 Å². The minimum Gasteiger partial charge on any atom is -0.329 e. The monoisotopic (exact) mass is 240 g/mol. The molecule has 2 unspecified atom stereocenters. The first kappa shape index (κ1) is 15.0. The molecule has 102 valence electrons. The van der Waals surface area contributed by atoms with E-state index in [0.29, 0.717) is 18.0 Å². The van der Waals surface area contributed by atoms with Gasteiger partial charge in [-0.1, -0.05) is 20.8 Å². The van der Waals surface area contributed by atoms with Crippen LogP contribution in [0, 0.1) is 17.8 Å². The van der Waals surface area contributed by atoms with Gasteiger partial charge in [0.2, 0.25) is 0 Å². The Morgan fingerprint density at radius 3 is 2.06 bits per heavy atom. The van der Waals surface area contributed by atoms with Crippen molar-refractivity contribution in [1.29, 1.82) is 0 Å². The van der Waals surface area contributed by atoms with E-state index in [1.165, 1.54) is 25.8 Å². The minimum atomic E-state index is 0.568. The third-order valence-electron chi connectivity index (χ3n) is 4.00. The Hall–Kier alpha value is -0.0800. The van der Waals surface area contributed by atoms with Crippen molar-refractivity contribution in [3.63, 3.8) is 0 Å². The van der Waals surface area contributed by atoms with E-state index in [4.69, 9.17) is 5.73 Å². The molecule has 0 aromatic heterocycles. The fourth-order valence-corrected chi connectivity index (χ4v) is 2.92. The van der Waals surface area contributed by atoms with Crippen LogP contribution in [0.1, 0.15) is 53.9 Å². The second-order valence-corrected chi connectivity index (χ2v) is 6.64. The predicted molar refractivity (Wildman–Crippen MR) is 76.0 cm³/mol. The maximum Gasteiger partial charge on any atom is 0.0246 e. The Balaban J connectivity index is 2.58. The van der Waals surface area contributed by atoms with Crippen LogP contribution >= 0.6 is 0 Å². The Labute approximate surface area is 108 Å². The summed E-state index contributed by atoms with van der Waals surface area (Å²) in [6.45, 7) is 13.7. The summed E-state index contributed by atoms with van der Waals surface area (Å²) in [5.74, 6) is 2.44. The van der Waals surface area contributed by atoms with E-state index >= 15 is 0 Å². The lowest BCUT2D eigenvalue weighted by Gasteiger charge is -2.38. The highest BCUT2D eigenvalue weighted by Crippen LogP contribution is 2.32. The summed E-state index contributed by atoms with van der Waals surface area (Å²) in [6.07, 6.45) is 4.15. The van der Waals surface area contributed by atoms with Crippen molar-refractivity contribution in [2.24, 2.45) is 23.5 Å². The zero-order chi connectivity index (χ0) is 13.0. The molecule has 2 nitrogen and oxygen atoms in total. The number of nitrogens with two attached hydrogens (primary N) is 1. The minimum absolute atomic E-state index is 0.568. The summed E-state index contributed by atoms with van der Waals surface area (Å²) < 4.78 is 0. The molecule has 0 aromatic rings. The largest absolute Gasteiger partial charge is 0.329 e. The van der Waals surface area contributed by atoms with Gasteiger partial charge in [0, 0.05) is 25.2 Å². The quantitative estimate of drug-likeness (QED) is 0.706. The molecule has 0 aliphatic heterocycles. The Bertz CT molecular complexity index is 209. The molecule has 1 rings (SSSR count). The van der Waals surface area contributed by atoms with Crippen LogP contribution in [0.3, 0.4) is 0 Å². The van der Waals surface area contributed by atoms with Crippen molar-refractivity contribution in [2.75, 3.05) is 13.1 Å². The first-order valence-electron chi connectivity index (χ1n) is 7.41. The molecule has 0 aromatic carbocycles. The fourth-order valence-electron chi connectivity index (χ4n) is 2.92. The molecular formula is C15H32N2. The summed E-state index contributed by atoms with van der Waals surface area (Å²) in [4.78, 5) is 2.66. The first-order valence-corrected chi connectivity index (χ1v) is 7.41. The normalized spacial score (nSPS) is 20.3. The zero-order valence-electron chi connectivity index (χ0n) is 12.4. The van der Waals surface area contributed by atoms with Gasteiger partial charge in [0.25, 0.3) is 0 Å². The van der Waals surface area contributed by atoms with Crippen molar-refractivity contribution in [3.05, 3.63) is 0 Å². The summed E-state index contributed by atoms with van der Waals surface area (Å²) in [5.41, 5.74) is 6.04. The summed E-state index contributed by atoms with van der Waals surface area (Å²) in [7, 11) is 0. The molecule has 1 aliphatic rings. The van der Waals surface area contributed by atoms with Crippen LogP contribution in [-0.4, -0.2) is 30.1 Å². The molecule has 1 saturated carbocycles. The molecule has 2 heteroatoms. The van der Waals surface area contributed by atoms with Gasteiger partial charge in [-0.3, -0.25) is 4.90 Å². The van der Waals surface area contributed by atoms with Crippen molar-refractivity contribution >= 4 is 0 Å². The molecular weight excluding hydrogens is 208 g/mol. The molecule has 0 bridgehead atoms. The Morgan fingerprint density at radius 1 is 1.12 bits per heavy atom. The average Bonchev–Trinajstić information content (AvgIpc) is 2.99. The Morgan fingerprint density at radius 2 is 1.71 bits per heavy atom. The average molecular weight is 240 g/mol. The highest BCUT2D eigenvalue weighted by molar-refractivity contribution is 4.86. The van der Waals surface area contributed by atoms with E-state index in [9.17, 15) is 0 Å². The van der Waals surface area contributed by atoms with E-state index < -0.39 is 0 Å². The second kappa shape index (κ2) is 6.75. The van der Waals surface area contributed by atoms with Crippen LogP contribution in [-0.2, 0) is 0 Å². The third-order valence-corrected chi connectivity index (χ3v) is 4.00. The smallest absolute Gasteiger partial charge is 0.0246 e. The fraction of sp³-hybridized carbons (Fsp3) is 1.00. The molecule has 0 heterocycles. The molecule has 2 N–H and O–H groups in total. The number of hydrogen-bond acceptors (Lipinski definition) is 2. The SMILES string of the molecule is CC(C)CC(C)C(CN)N(CC1CC1)C(C)C. The zero-order valence-corrected chi connectivity index (χ0v) is 12.4. The van der Waals surface area contributed by atoms with Crippen molar-refractivity contribution < 1.29 is 0 Å². The molecule has 0 radical (unpaired) electrons. The molecule has 0 saturated heterocycles. The number of rotatable bonds is 8. The summed E-state index contributed by atoms with van der Waals surface area (Å²) in [6, 6.07) is 1.19. The van der Waals surface area contributed by atoms with Gasteiger partial charge >= 0.3 is 0 Å². The van der Waals surface area contributed by atoms with Gasteiger partial charge in [0.1, 0.15) is 0 Å². The van der Waals surface area contributed by atoms with Crippen LogP contribution in [0.15, 0.2) is 0 Å². The van der Waals surface area contributed by atoms with E-state index in [1.807, 2.05) is 0 Å². The predicted octanol–water partition coefficient (Wildman–Crippen LogP) is 3.12. The highest BCUT2D eigenvalue weighted by Gasteiger charge is 2.31. The van der Waals surface area contributed by atoms with Crippen LogP contribution in [0.4, 0.5) is 0 Å². The van der Waals surface area contributed by atoms with E-state index in [-0.39, 0.29) is 0 Å². The lowest BCUT2D eigenvalue weighted by Crippen LogP contribution is -2.49.